The van der Waals surface area contributed by atoms with Crippen molar-refractivity contribution in [3.8, 4) is 0 Å². The van der Waals surface area contributed by atoms with E-state index in [9.17, 15) is 14.4 Å². The van der Waals surface area contributed by atoms with Crippen molar-refractivity contribution in [2.75, 3.05) is 13.2 Å². The van der Waals surface area contributed by atoms with Gasteiger partial charge in [0.2, 0.25) is 0 Å². The van der Waals surface area contributed by atoms with Crippen LogP contribution in [0.5, 0.6) is 0 Å². The van der Waals surface area contributed by atoms with Crippen LogP contribution in [0, 0.1) is 0 Å². The van der Waals surface area contributed by atoms with Crippen LogP contribution in [0.4, 0.5) is 0 Å². The predicted molar refractivity (Wildman–Crippen MR) is 321 cm³/mol. The van der Waals surface area contributed by atoms with E-state index in [2.05, 4.69) is 69.4 Å². The molecule has 0 rings (SSSR count). The smallest absolute Gasteiger partial charge is 0.306 e. The van der Waals surface area contributed by atoms with Crippen LogP contribution in [0.25, 0.3) is 0 Å². The highest BCUT2D eigenvalue weighted by molar-refractivity contribution is 5.71. The summed E-state index contributed by atoms with van der Waals surface area (Å²) in [4.78, 5) is 38.2. The van der Waals surface area contributed by atoms with E-state index >= 15 is 0 Å². The molecule has 0 radical (unpaired) electrons. The monoisotopic (exact) mass is 1040 g/mol. The minimum Gasteiger partial charge on any atom is -0.462 e. The van der Waals surface area contributed by atoms with Crippen LogP contribution in [-0.4, -0.2) is 37.2 Å². The lowest BCUT2D eigenvalue weighted by molar-refractivity contribution is -0.167. The van der Waals surface area contributed by atoms with Crippen LogP contribution in [0.1, 0.15) is 348 Å². The Hall–Kier alpha value is -2.63. The molecular formula is C68H124O6. The van der Waals surface area contributed by atoms with Crippen molar-refractivity contribution < 1.29 is 28.6 Å². The van der Waals surface area contributed by atoms with Gasteiger partial charge in [-0.1, -0.05) is 320 Å². The van der Waals surface area contributed by atoms with E-state index in [4.69, 9.17) is 14.2 Å². The van der Waals surface area contributed by atoms with Gasteiger partial charge < -0.3 is 14.2 Å². The number of allylic oxidation sites excluding steroid dienone is 8. The molecule has 0 fully saturated rings. The zero-order valence-electron chi connectivity index (χ0n) is 49.6. The third kappa shape index (κ3) is 60.2. The SMILES string of the molecule is CC/C=C\C/C=C\C/C=C\C/C=C\CCCCCCCCCCCCCCCCC(=O)OCC(COC(=O)CCCCCCCCCCC)OC(=O)CCCCCCCCCCCCCCCCCCCCCC. The molecule has 0 aliphatic rings. The summed E-state index contributed by atoms with van der Waals surface area (Å²) in [6.45, 7) is 6.57. The maximum Gasteiger partial charge on any atom is 0.306 e. The van der Waals surface area contributed by atoms with Gasteiger partial charge in [0.05, 0.1) is 0 Å². The van der Waals surface area contributed by atoms with E-state index in [1.54, 1.807) is 0 Å². The Bertz CT molecular complexity index is 1280. The second kappa shape index (κ2) is 62.9. The molecule has 0 aromatic heterocycles. The molecule has 6 nitrogen and oxygen atoms in total. The highest BCUT2D eigenvalue weighted by Crippen LogP contribution is 2.18. The van der Waals surface area contributed by atoms with E-state index in [0.717, 1.165) is 83.5 Å². The van der Waals surface area contributed by atoms with E-state index in [0.29, 0.717) is 19.3 Å². The van der Waals surface area contributed by atoms with Crippen LogP contribution in [0.3, 0.4) is 0 Å². The fraction of sp³-hybridized carbons (Fsp3) is 0.838. The standard InChI is InChI=1S/C68H124O6/c1-4-7-10-13-16-19-21-23-25-27-29-31-32-33-34-35-36-37-39-40-42-44-46-49-52-55-58-61-67(70)73-64-65(63-72-66(69)60-57-54-51-48-18-15-12-9-6-3)74-68(71)62-59-56-53-50-47-45-43-41-38-30-28-26-24-22-20-17-14-11-8-5-2/h7,10,16,19,23,25,29,31,65H,4-6,8-9,11-15,17-18,20-22,24,26-28,30,32-64H2,1-3H3/b10-7-,19-16-,25-23-,31-29-. The normalized spacial score (nSPS) is 12.3. The van der Waals surface area contributed by atoms with E-state index in [1.165, 1.54) is 225 Å². The van der Waals surface area contributed by atoms with Gasteiger partial charge in [-0.2, -0.15) is 0 Å². The van der Waals surface area contributed by atoms with Crippen molar-refractivity contribution in [2.45, 2.75) is 354 Å². The number of carbonyl (C=O) groups is 3. The average Bonchev–Trinajstić information content (AvgIpc) is 3.40. The summed E-state index contributed by atoms with van der Waals surface area (Å²) in [5.74, 6) is -0.847. The maximum absolute atomic E-state index is 12.9. The van der Waals surface area contributed by atoms with Crippen molar-refractivity contribution in [2.24, 2.45) is 0 Å². The summed E-state index contributed by atoms with van der Waals surface area (Å²) in [5.41, 5.74) is 0. The van der Waals surface area contributed by atoms with Crippen molar-refractivity contribution in [1.82, 2.24) is 0 Å². The largest absolute Gasteiger partial charge is 0.462 e. The van der Waals surface area contributed by atoms with Crippen molar-refractivity contribution in [1.29, 1.82) is 0 Å². The van der Waals surface area contributed by atoms with E-state index in [1.807, 2.05) is 0 Å². The zero-order chi connectivity index (χ0) is 53.6. The molecule has 0 saturated heterocycles. The summed E-state index contributed by atoms with van der Waals surface area (Å²) in [5, 5.41) is 0. The summed E-state index contributed by atoms with van der Waals surface area (Å²) >= 11 is 0. The van der Waals surface area contributed by atoms with E-state index in [-0.39, 0.29) is 31.1 Å². The quantitative estimate of drug-likeness (QED) is 0.0261. The first kappa shape index (κ1) is 71.4. The molecule has 1 atom stereocenters. The molecule has 0 amide bonds. The molecule has 0 aliphatic carbocycles. The lowest BCUT2D eigenvalue weighted by Gasteiger charge is -2.18. The lowest BCUT2D eigenvalue weighted by atomic mass is 10.0. The summed E-state index contributed by atoms with van der Waals surface area (Å²) in [6, 6.07) is 0. The van der Waals surface area contributed by atoms with Gasteiger partial charge in [-0.15, -0.1) is 0 Å². The first-order valence-corrected chi connectivity index (χ1v) is 32.6. The second-order valence-corrected chi connectivity index (χ2v) is 22.0. The van der Waals surface area contributed by atoms with Crippen LogP contribution in [0.15, 0.2) is 48.6 Å². The van der Waals surface area contributed by atoms with Crippen LogP contribution in [-0.2, 0) is 28.6 Å². The van der Waals surface area contributed by atoms with Gasteiger partial charge >= 0.3 is 17.9 Å². The zero-order valence-corrected chi connectivity index (χ0v) is 49.6. The molecule has 0 heterocycles. The first-order valence-electron chi connectivity index (χ1n) is 32.6. The van der Waals surface area contributed by atoms with Gasteiger partial charge in [-0.3, -0.25) is 14.4 Å². The number of rotatable bonds is 60. The maximum atomic E-state index is 12.9. The van der Waals surface area contributed by atoms with Crippen LogP contribution < -0.4 is 0 Å². The molecule has 0 aromatic carbocycles. The third-order valence-corrected chi connectivity index (χ3v) is 14.6. The molecule has 0 aliphatic heterocycles. The molecule has 74 heavy (non-hydrogen) atoms. The summed E-state index contributed by atoms with van der Waals surface area (Å²) in [7, 11) is 0. The van der Waals surface area contributed by atoms with Gasteiger partial charge in [0, 0.05) is 19.3 Å². The molecule has 0 aromatic rings. The molecule has 6 heteroatoms. The number of ether oxygens (including phenoxy) is 3. The minimum atomic E-state index is -0.768. The van der Waals surface area contributed by atoms with Crippen LogP contribution in [0.2, 0.25) is 0 Å². The van der Waals surface area contributed by atoms with Crippen molar-refractivity contribution in [3.63, 3.8) is 0 Å². The number of unbranched alkanes of at least 4 members (excludes halogenated alkanes) is 41. The molecule has 0 spiro atoms. The van der Waals surface area contributed by atoms with Gasteiger partial charge in [-0.25, -0.2) is 0 Å². The second-order valence-electron chi connectivity index (χ2n) is 22.0. The van der Waals surface area contributed by atoms with Crippen molar-refractivity contribution >= 4 is 17.9 Å². The fourth-order valence-corrected chi connectivity index (χ4v) is 9.73. The summed E-state index contributed by atoms with van der Waals surface area (Å²) in [6.07, 6.45) is 78.5. The van der Waals surface area contributed by atoms with Crippen molar-refractivity contribution in [3.05, 3.63) is 48.6 Å². The van der Waals surface area contributed by atoms with Gasteiger partial charge in [0.1, 0.15) is 13.2 Å². The number of hydrogen-bond donors (Lipinski definition) is 0. The Kier molecular flexibility index (Phi) is 60.7. The summed E-state index contributed by atoms with van der Waals surface area (Å²) < 4.78 is 16.9. The van der Waals surface area contributed by atoms with Gasteiger partial charge in [0.15, 0.2) is 6.10 Å². The average molecular weight is 1040 g/mol. The Labute approximate surface area is 460 Å². The Morgan fingerprint density at radius 3 is 0.824 bits per heavy atom. The highest BCUT2D eigenvalue weighted by atomic mass is 16.6. The molecule has 0 saturated carbocycles. The highest BCUT2D eigenvalue weighted by Gasteiger charge is 2.19. The Morgan fingerprint density at radius 2 is 0.527 bits per heavy atom. The Balaban J connectivity index is 4.14. The van der Waals surface area contributed by atoms with Gasteiger partial charge in [0.25, 0.3) is 0 Å². The van der Waals surface area contributed by atoms with Crippen LogP contribution >= 0.6 is 0 Å². The first-order chi connectivity index (χ1) is 36.5. The number of carbonyl (C=O) groups excluding carboxylic acids is 3. The lowest BCUT2D eigenvalue weighted by Crippen LogP contribution is -2.30. The molecule has 0 N–H and O–H groups in total. The molecular weight excluding hydrogens is 913 g/mol. The van der Waals surface area contributed by atoms with E-state index < -0.39 is 6.10 Å². The Morgan fingerprint density at radius 1 is 0.284 bits per heavy atom. The van der Waals surface area contributed by atoms with Gasteiger partial charge in [-0.05, 0) is 57.8 Å². The number of esters is 3. The predicted octanol–water partition coefficient (Wildman–Crippen LogP) is 22.2. The molecule has 1 unspecified atom stereocenters. The number of hydrogen-bond acceptors (Lipinski definition) is 6. The molecule has 0 bridgehead atoms. The fourth-order valence-electron chi connectivity index (χ4n) is 9.73. The molecule has 432 valence electrons. The minimum absolute atomic E-state index is 0.0672. The third-order valence-electron chi connectivity index (χ3n) is 14.6. The topological polar surface area (TPSA) is 78.9 Å².